The summed E-state index contributed by atoms with van der Waals surface area (Å²) in [6.45, 7) is 3.62. The number of hydrogen-bond donors (Lipinski definition) is 0. The van der Waals surface area contributed by atoms with E-state index in [2.05, 4.69) is 21.5 Å². The van der Waals surface area contributed by atoms with Crippen LogP contribution in [0.1, 0.15) is 42.1 Å². The molecule has 3 aromatic heterocycles. The van der Waals surface area contributed by atoms with Crippen molar-refractivity contribution in [2.24, 2.45) is 0 Å². The number of nitrogens with zero attached hydrogens (tertiary/aromatic N) is 5. The average Bonchev–Trinajstić information content (AvgIpc) is 3.27. The second kappa shape index (κ2) is 6.11. The Morgan fingerprint density at radius 2 is 2.25 bits per heavy atom. The van der Waals surface area contributed by atoms with Crippen LogP contribution in [0.5, 0.6) is 0 Å². The summed E-state index contributed by atoms with van der Waals surface area (Å²) in [5.74, 6) is 1.10. The molecule has 3 aromatic rings. The van der Waals surface area contributed by atoms with Crippen LogP contribution in [-0.2, 0) is 6.42 Å². The Balaban J connectivity index is 1.56. The van der Waals surface area contributed by atoms with Gasteiger partial charge in [0.15, 0.2) is 0 Å². The van der Waals surface area contributed by atoms with E-state index >= 15 is 0 Å². The first-order valence-corrected chi connectivity index (χ1v) is 8.51. The molecular weight excluding hydrogens is 302 g/mol. The van der Waals surface area contributed by atoms with Gasteiger partial charge in [-0.1, -0.05) is 13.0 Å². The molecule has 1 amide bonds. The molecule has 0 bridgehead atoms. The molecule has 0 aliphatic carbocycles. The quantitative estimate of drug-likeness (QED) is 0.744. The SMILES string of the molecule is CCc1nccn1[C@H]1CCCN(C(=O)c2cn3ccccc3n2)C1. The monoisotopic (exact) mass is 323 g/mol. The van der Waals surface area contributed by atoms with E-state index in [-0.39, 0.29) is 5.91 Å². The Bertz CT molecular complexity index is 832. The average molecular weight is 323 g/mol. The first-order valence-electron chi connectivity index (χ1n) is 8.51. The molecule has 1 aliphatic rings. The molecule has 6 heteroatoms. The summed E-state index contributed by atoms with van der Waals surface area (Å²) < 4.78 is 4.11. The lowest BCUT2D eigenvalue weighted by molar-refractivity contribution is 0.0672. The van der Waals surface area contributed by atoms with E-state index in [4.69, 9.17) is 0 Å². The summed E-state index contributed by atoms with van der Waals surface area (Å²) in [4.78, 5) is 23.7. The van der Waals surface area contributed by atoms with E-state index in [1.54, 1.807) is 0 Å². The van der Waals surface area contributed by atoms with Crippen molar-refractivity contribution >= 4 is 11.6 Å². The first kappa shape index (κ1) is 14.9. The van der Waals surface area contributed by atoms with Gasteiger partial charge in [-0.25, -0.2) is 9.97 Å². The number of fused-ring (bicyclic) bond motifs is 1. The Kier molecular flexibility index (Phi) is 3.80. The maximum atomic E-state index is 12.9. The molecule has 4 rings (SSSR count). The fraction of sp³-hybridized carbons (Fsp3) is 0.389. The van der Waals surface area contributed by atoms with Crippen molar-refractivity contribution in [1.82, 2.24) is 23.8 Å². The van der Waals surface area contributed by atoms with Crippen molar-refractivity contribution in [1.29, 1.82) is 0 Å². The molecule has 1 fully saturated rings. The topological polar surface area (TPSA) is 55.4 Å². The number of likely N-dealkylation sites (tertiary alicyclic amines) is 1. The van der Waals surface area contributed by atoms with Gasteiger partial charge in [0, 0.05) is 44.3 Å². The Hall–Kier alpha value is -2.63. The molecule has 0 unspecified atom stereocenters. The zero-order chi connectivity index (χ0) is 16.5. The second-order valence-corrected chi connectivity index (χ2v) is 6.24. The van der Waals surface area contributed by atoms with Crippen molar-refractivity contribution in [3.63, 3.8) is 0 Å². The lowest BCUT2D eigenvalue weighted by atomic mass is 10.0. The van der Waals surface area contributed by atoms with Crippen LogP contribution in [-0.4, -0.2) is 42.8 Å². The number of pyridine rings is 1. The molecule has 1 atom stereocenters. The van der Waals surface area contributed by atoms with Crippen molar-refractivity contribution in [2.75, 3.05) is 13.1 Å². The normalized spacial score (nSPS) is 18.2. The van der Waals surface area contributed by atoms with Gasteiger partial charge in [0.05, 0.1) is 6.04 Å². The Morgan fingerprint density at radius 1 is 1.33 bits per heavy atom. The predicted octanol–water partition coefficient (Wildman–Crippen LogP) is 2.57. The standard InChI is InChI=1S/C18H21N5O/c1-2-16-19-8-11-23(16)14-6-5-10-22(12-14)18(24)15-13-21-9-4-3-7-17(21)20-15/h3-4,7-9,11,13-14H,2,5-6,10,12H2,1H3/t14-/m0/s1. The summed E-state index contributed by atoms with van der Waals surface area (Å²) in [5, 5.41) is 0. The van der Waals surface area contributed by atoms with E-state index in [9.17, 15) is 4.79 Å². The van der Waals surface area contributed by atoms with Crippen LogP contribution in [0.4, 0.5) is 0 Å². The predicted molar refractivity (Wildman–Crippen MR) is 91.0 cm³/mol. The number of carbonyl (C=O) groups excluding carboxylic acids is 1. The molecule has 0 spiro atoms. The largest absolute Gasteiger partial charge is 0.335 e. The minimum absolute atomic E-state index is 0.0153. The van der Waals surface area contributed by atoms with Gasteiger partial charge in [-0.3, -0.25) is 4.79 Å². The summed E-state index contributed by atoms with van der Waals surface area (Å²) in [5.41, 5.74) is 1.32. The minimum Gasteiger partial charge on any atom is -0.335 e. The highest BCUT2D eigenvalue weighted by molar-refractivity contribution is 5.93. The molecule has 0 aromatic carbocycles. The van der Waals surface area contributed by atoms with Crippen LogP contribution >= 0.6 is 0 Å². The molecule has 1 saturated heterocycles. The summed E-state index contributed by atoms with van der Waals surface area (Å²) in [7, 11) is 0. The number of rotatable bonds is 3. The van der Waals surface area contributed by atoms with Crippen LogP contribution in [0.2, 0.25) is 0 Å². The van der Waals surface area contributed by atoms with Crippen molar-refractivity contribution in [3.05, 3.63) is 54.5 Å². The molecule has 124 valence electrons. The summed E-state index contributed by atoms with van der Waals surface area (Å²) in [6, 6.07) is 6.08. The third-order valence-electron chi connectivity index (χ3n) is 4.73. The van der Waals surface area contributed by atoms with Gasteiger partial charge < -0.3 is 13.9 Å². The highest BCUT2D eigenvalue weighted by Gasteiger charge is 2.27. The molecule has 0 N–H and O–H groups in total. The van der Waals surface area contributed by atoms with E-state index < -0.39 is 0 Å². The van der Waals surface area contributed by atoms with Gasteiger partial charge in [-0.05, 0) is 25.0 Å². The lowest BCUT2D eigenvalue weighted by Crippen LogP contribution is -2.41. The van der Waals surface area contributed by atoms with Gasteiger partial charge >= 0.3 is 0 Å². The van der Waals surface area contributed by atoms with Gasteiger partial charge in [-0.15, -0.1) is 0 Å². The van der Waals surface area contributed by atoms with Gasteiger partial charge in [0.2, 0.25) is 0 Å². The number of amides is 1. The van der Waals surface area contributed by atoms with Crippen LogP contribution in [0.3, 0.4) is 0 Å². The molecule has 0 radical (unpaired) electrons. The zero-order valence-electron chi connectivity index (χ0n) is 13.8. The number of aryl methyl sites for hydroxylation is 1. The molecule has 1 aliphatic heterocycles. The number of piperidine rings is 1. The summed E-state index contributed by atoms with van der Waals surface area (Å²) in [6.07, 6.45) is 10.6. The van der Waals surface area contributed by atoms with Gasteiger partial charge in [-0.2, -0.15) is 0 Å². The molecular formula is C18H21N5O. The van der Waals surface area contributed by atoms with Gasteiger partial charge in [0.25, 0.3) is 5.91 Å². The summed E-state index contributed by atoms with van der Waals surface area (Å²) >= 11 is 0. The molecule has 6 nitrogen and oxygen atoms in total. The van der Waals surface area contributed by atoms with E-state index in [1.165, 1.54) is 0 Å². The van der Waals surface area contributed by atoms with E-state index in [1.807, 2.05) is 52.3 Å². The van der Waals surface area contributed by atoms with Gasteiger partial charge in [0.1, 0.15) is 17.2 Å². The van der Waals surface area contributed by atoms with Crippen LogP contribution in [0.25, 0.3) is 5.65 Å². The highest BCUT2D eigenvalue weighted by Crippen LogP contribution is 2.24. The maximum Gasteiger partial charge on any atom is 0.274 e. The van der Waals surface area contributed by atoms with Crippen LogP contribution in [0, 0.1) is 0 Å². The minimum atomic E-state index is 0.0153. The number of hydrogen-bond acceptors (Lipinski definition) is 3. The third kappa shape index (κ3) is 2.58. The lowest BCUT2D eigenvalue weighted by Gasteiger charge is -2.33. The number of aromatic nitrogens is 4. The van der Waals surface area contributed by atoms with E-state index in [0.717, 1.165) is 43.8 Å². The Morgan fingerprint density at radius 3 is 3.08 bits per heavy atom. The maximum absolute atomic E-state index is 12.9. The third-order valence-corrected chi connectivity index (χ3v) is 4.73. The highest BCUT2D eigenvalue weighted by atomic mass is 16.2. The zero-order valence-corrected chi connectivity index (χ0v) is 13.8. The Labute approximate surface area is 140 Å². The van der Waals surface area contributed by atoms with Crippen molar-refractivity contribution < 1.29 is 4.79 Å². The smallest absolute Gasteiger partial charge is 0.274 e. The molecule has 0 saturated carbocycles. The second-order valence-electron chi connectivity index (χ2n) is 6.24. The van der Waals surface area contributed by atoms with Crippen molar-refractivity contribution in [2.45, 2.75) is 32.2 Å². The first-order chi connectivity index (χ1) is 11.8. The number of imidazole rings is 2. The van der Waals surface area contributed by atoms with E-state index in [0.29, 0.717) is 11.7 Å². The molecule has 24 heavy (non-hydrogen) atoms. The fourth-order valence-corrected chi connectivity index (χ4v) is 3.52. The molecule has 4 heterocycles. The fourth-order valence-electron chi connectivity index (χ4n) is 3.52. The van der Waals surface area contributed by atoms with Crippen LogP contribution in [0.15, 0.2) is 43.0 Å². The van der Waals surface area contributed by atoms with Crippen LogP contribution < -0.4 is 0 Å². The number of carbonyl (C=O) groups is 1. The van der Waals surface area contributed by atoms with Crippen molar-refractivity contribution in [3.8, 4) is 0 Å².